The Morgan fingerprint density at radius 3 is 2.88 bits per heavy atom. The molecule has 1 fully saturated rings. The van der Waals surface area contributed by atoms with Crippen molar-refractivity contribution in [3.63, 3.8) is 0 Å². The van der Waals surface area contributed by atoms with Gasteiger partial charge in [-0.05, 0) is 42.5 Å². The average Bonchev–Trinajstić information content (AvgIpc) is 3.45. The number of rotatable bonds is 4. The molecular formula is C20H19FN2O3. The Hall–Kier alpha value is -2.89. The van der Waals surface area contributed by atoms with E-state index in [4.69, 9.17) is 4.74 Å². The monoisotopic (exact) mass is 354 g/mol. The van der Waals surface area contributed by atoms with Crippen LogP contribution < -0.4 is 15.4 Å². The largest absolute Gasteiger partial charge is 0.496 e. The van der Waals surface area contributed by atoms with Crippen molar-refractivity contribution in [2.24, 2.45) is 5.92 Å². The van der Waals surface area contributed by atoms with Gasteiger partial charge in [0.25, 0.3) is 5.91 Å². The van der Waals surface area contributed by atoms with Gasteiger partial charge in [-0.15, -0.1) is 0 Å². The molecule has 2 atom stereocenters. The summed E-state index contributed by atoms with van der Waals surface area (Å²) in [4.78, 5) is 24.3. The molecule has 0 radical (unpaired) electrons. The van der Waals surface area contributed by atoms with Gasteiger partial charge in [-0.2, -0.15) is 0 Å². The number of carbonyl (C=O) groups is 2. The van der Waals surface area contributed by atoms with Crippen LogP contribution in [0.25, 0.3) is 0 Å². The van der Waals surface area contributed by atoms with Gasteiger partial charge in [-0.3, -0.25) is 9.59 Å². The topological polar surface area (TPSA) is 67.4 Å². The zero-order chi connectivity index (χ0) is 18.3. The fourth-order valence-corrected chi connectivity index (χ4v) is 3.60. The first-order chi connectivity index (χ1) is 12.6. The number of hydrogen-bond donors (Lipinski definition) is 2. The highest BCUT2D eigenvalue weighted by Gasteiger charge is 2.45. The van der Waals surface area contributed by atoms with Crippen LogP contribution in [0.1, 0.15) is 33.8 Å². The van der Waals surface area contributed by atoms with Gasteiger partial charge in [0.2, 0.25) is 5.91 Å². The molecule has 6 heteroatoms. The second-order valence-electron chi connectivity index (χ2n) is 6.64. The predicted octanol–water partition coefficient (Wildman–Crippen LogP) is 2.86. The molecule has 2 aliphatic rings. The number of hydrogen-bond acceptors (Lipinski definition) is 3. The van der Waals surface area contributed by atoms with Crippen LogP contribution in [0.2, 0.25) is 0 Å². The van der Waals surface area contributed by atoms with Crippen LogP contribution in [0.4, 0.5) is 10.1 Å². The van der Waals surface area contributed by atoms with Crippen molar-refractivity contribution in [3.8, 4) is 5.75 Å². The Bertz CT molecular complexity index is 897. The third kappa shape index (κ3) is 2.81. The summed E-state index contributed by atoms with van der Waals surface area (Å²) in [5.74, 6) is -0.358. The van der Waals surface area contributed by atoms with Crippen LogP contribution >= 0.6 is 0 Å². The molecule has 0 spiro atoms. The maximum absolute atomic E-state index is 14.7. The Balaban J connectivity index is 1.51. The zero-order valence-electron chi connectivity index (χ0n) is 14.3. The van der Waals surface area contributed by atoms with Gasteiger partial charge in [-0.1, -0.05) is 18.2 Å². The van der Waals surface area contributed by atoms with Gasteiger partial charge in [0.05, 0.1) is 12.8 Å². The molecule has 1 saturated carbocycles. The number of para-hydroxylation sites is 1. The number of carbonyl (C=O) groups excluding carboxylic acids is 2. The second-order valence-corrected chi connectivity index (χ2v) is 6.64. The van der Waals surface area contributed by atoms with E-state index in [1.807, 2.05) is 24.3 Å². The van der Waals surface area contributed by atoms with Crippen molar-refractivity contribution in [1.29, 1.82) is 0 Å². The van der Waals surface area contributed by atoms with Crippen LogP contribution in [-0.4, -0.2) is 25.5 Å². The van der Waals surface area contributed by atoms with Crippen molar-refractivity contribution in [2.45, 2.75) is 18.8 Å². The molecule has 0 bridgehead atoms. The fraction of sp³-hybridized carbons (Fsp3) is 0.300. The molecule has 1 aliphatic heterocycles. The van der Waals surface area contributed by atoms with Crippen molar-refractivity contribution < 1.29 is 18.7 Å². The van der Waals surface area contributed by atoms with E-state index in [2.05, 4.69) is 10.6 Å². The van der Waals surface area contributed by atoms with E-state index in [0.717, 1.165) is 11.3 Å². The molecule has 1 aliphatic carbocycles. The molecule has 1 heterocycles. The van der Waals surface area contributed by atoms with Gasteiger partial charge >= 0.3 is 0 Å². The first kappa shape index (κ1) is 16.6. The minimum atomic E-state index is -0.514. The van der Waals surface area contributed by atoms with Crippen LogP contribution in [-0.2, 0) is 11.2 Å². The molecule has 0 saturated heterocycles. The standard InChI is InChI=1S/C20H19FN2O3/c1-26-17-5-3-2-4-11(17)14-10-15(14)20(25)23-16-7-6-13-12(18(16)21)8-9-22-19(13)24/h2-7,14-15H,8-10H2,1H3,(H,22,24)(H,23,25)/t14-,15+/m0/s1. The number of benzene rings is 2. The van der Waals surface area contributed by atoms with E-state index in [9.17, 15) is 14.0 Å². The van der Waals surface area contributed by atoms with E-state index < -0.39 is 5.82 Å². The summed E-state index contributed by atoms with van der Waals surface area (Å²) in [7, 11) is 1.61. The summed E-state index contributed by atoms with van der Waals surface area (Å²) in [6.07, 6.45) is 1.13. The second kappa shape index (κ2) is 6.44. The summed E-state index contributed by atoms with van der Waals surface area (Å²) in [5.41, 5.74) is 1.83. The SMILES string of the molecule is COc1ccccc1[C@@H]1C[C@H]1C(=O)Nc1ccc2c(c1F)CCNC2=O. The highest BCUT2D eigenvalue weighted by atomic mass is 19.1. The quantitative estimate of drug-likeness (QED) is 0.887. The summed E-state index contributed by atoms with van der Waals surface area (Å²) < 4.78 is 20.1. The molecule has 4 rings (SSSR count). The van der Waals surface area contributed by atoms with Crippen LogP contribution in [0.5, 0.6) is 5.75 Å². The van der Waals surface area contributed by atoms with Gasteiger partial charge in [0, 0.05) is 23.6 Å². The van der Waals surface area contributed by atoms with E-state index in [1.54, 1.807) is 13.2 Å². The van der Waals surface area contributed by atoms with Crippen molar-refractivity contribution in [3.05, 3.63) is 58.9 Å². The smallest absolute Gasteiger partial charge is 0.251 e. The van der Waals surface area contributed by atoms with E-state index in [-0.39, 0.29) is 29.3 Å². The van der Waals surface area contributed by atoms with Crippen LogP contribution in [0.3, 0.4) is 0 Å². The van der Waals surface area contributed by atoms with Crippen LogP contribution in [0, 0.1) is 11.7 Å². The Morgan fingerprint density at radius 1 is 1.27 bits per heavy atom. The number of halogens is 1. The lowest BCUT2D eigenvalue weighted by molar-refractivity contribution is -0.117. The molecule has 5 nitrogen and oxygen atoms in total. The lowest BCUT2D eigenvalue weighted by Gasteiger charge is -2.18. The van der Waals surface area contributed by atoms with Crippen molar-refractivity contribution >= 4 is 17.5 Å². The summed E-state index contributed by atoms with van der Waals surface area (Å²) in [5, 5.41) is 5.37. The highest BCUT2D eigenvalue weighted by Crippen LogP contribution is 2.50. The van der Waals surface area contributed by atoms with Crippen molar-refractivity contribution in [1.82, 2.24) is 5.32 Å². The third-order valence-electron chi connectivity index (χ3n) is 5.07. The van der Waals surface area contributed by atoms with Crippen LogP contribution in [0.15, 0.2) is 36.4 Å². The minimum Gasteiger partial charge on any atom is -0.496 e. The first-order valence-corrected chi connectivity index (χ1v) is 8.63. The predicted molar refractivity (Wildman–Crippen MR) is 94.9 cm³/mol. The van der Waals surface area contributed by atoms with Crippen molar-refractivity contribution in [2.75, 3.05) is 19.0 Å². The Morgan fingerprint density at radius 2 is 2.08 bits per heavy atom. The van der Waals surface area contributed by atoms with Gasteiger partial charge in [0.15, 0.2) is 5.82 Å². The fourth-order valence-electron chi connectivity index (χ4n) is 3.60. The molecule has 0 unspecified atom stereocenters. The lowest BCUT2D eigenvalue weighted by Crippen LogP contribution is -2.32. The number of methoxy groups -OCH3 is 1. The number of ether oxygens (including phenoxy) is 1. The summed E-state index contributed by atoms with van der Waals surface area (Å²) in [6, 6.07) is 10.6. The third-order valence-corrected chi connectivity index (χ3v) is 5.07. The van der Waals surface area contributed by atoms with Gasteiger partial charge in [-0.25, -0.2) is 4.39 Å². The maximum Gasteiger partial charge on any atom is 0.251 e. The molecule has 134 valence electrons. The Kier molecular flexibility index (Phi) is 4.11. The summed E-state index contributed by atoms with van der Waals surface area (Å²) in [6.45, 7) is 0.401. The van der Waals surface area contributed by atoms with E-state index in [1.165, 1.54) is 6.07 Å². The molecule has 2 N–H and O–H groups in total. The maximum atomic E-state index is 14.7. The molecule has 2 aromatic rings. The number of anilines is 1. The average molecular weight is 354 g/mol. The number of fused-ring (bicyclic) bond motifs is 1. The number of nitrogens with one attached hydrogen (secondary N) is 2. The molecule has 26 heavy (non-hydrogen) atoms. The lowest BCUT2D eigenvalue weighted by atomic mass is 9.98. The van der Waals surface area contributed by atoms with E-state index in [0.29, 0.717) is 30.5 Å². The zero-order valence-corrected chi connectivity index (χ0v) is 14.3. The molecule has 2 amide bonds. The minimum absolute atomic E-state index is 0.0811. The first-order valence-electron chi connectivity index (χ1n) is 8.63. The molecule has 0 aromatic heterocycles. The normalized spacial score (nSPS) is 20.8. The Labute approximate surface area is 150 Å². The van der Waals surface area contributed by atoms with Gasteiger partial charge in [0.1, 0.15) is 5.75 Å². The number of amides is 2. The highest BCUT2D eigenvalue weighted by molar-refractivity contribution is 5.99. The molecule has 2 aromatic carbocycles. The summed E-state index contributed by atoms with van der Waals surface area (Å²) >= 11 is 0. The van der Waals surface area contributed by atoms with Gasteiger partial charge < -0.3 is 15.4 Å². The molecular weight excluding hydrogens is 335 g/mol. The van der Waals surface area contributed by atoms with E-state index >= 15 is 0 Å².